The Kier molecular flexibility index (Phi) is 5.70. The fraction of sp³-hybridized carbons (Fsp3) is 0.625. The summed E-state index contributed by atoms with van der Waals surface area (Å²) in [6.07, 6.45) is 3.54. The molecule has 4 heteroatoms. The van der Waals surface area contributed by atoms with Crippen LogP contribution >= 0.6 is 11.6 Å². The number of halogens is 1. The van der Waals surface area contributed by atoms with Crippen molar-refractivity contribution in [2.24, 2.45) is 11.7 Å². The molecule has 0 heterocycles. The van der Waals surface area contributed by atoms with Crippen LogP contribution in [0.2, 0.25) is 5.02 Å². The summed E-state index contributed by atoms with van der Waals surface area (Å²) in [5.74, 6) is 0.802. The SMILES string of the molecule is COCCN(c1cc(Cl)ccc1CCN)C(C)C1CC1. The van der Waals surface area contributed by atoms with Crippen LogP contribution in [0.25, 0.3) is 0 Å². The summed E-state index contributed by atoms with van der Waals surface area (Å²) in [5.41, 5.74) is 8.24. The van der Waals surface area contributed by atoms with Gasteiger partial charge in [0.1, 0.15) is 0 Å². The maximum absolute atomic E-state index is 6.21. The Labute approximate surface area is 127 Å². The summed E-state index contributed by atoms with van der Waals surface area (Å²) in [7, 11) is 1.75. The van der Waals surface area contributed by atoms with E-state index < -0.39 is 0 Å². The Morgan fingerprint density at radius 2 is 2.20 bits per heavy atom. The number of hydrogen-bond acceptors (Lipinski definition) is 3. The molecular weight excluding hydrogens is 272 g/mol. The van der Waals surface area contributed by atoms with Crippen LogP contribution in [-0.4, -0.2) is 32.8 Å². The quantitative estimate of drug-likeness (QED) is 0.801. The minimum absolute atomic E-state index is 0.528. The van der Waals surface area contributed by atoms with Gasteiger partial charge in [-0.2, -0.15) is 0 Å². The first-order chi connectivity index (χ1) is 9.67. The summed E-state index contributed by atoms with van der Waals surface area (Å²) in [6, 6.07) is 6.65. The van der Waals surface area contributed by atoms with E-state index in [-0.39, 0.29) is 0 Å². The van der Waals surface area contributed by atoms with Crippen LogP contribution in [0.3, 0.4) is 0 Å². The van der Waals surface area contributed by atoms with E-state index in [1.54, 1.807) is 7.11 Å². The Morgan fingerprint density at radius 3 is 2.80 bits per heavy atom. The molecule has 1 aliphatic carbocycles. The fourth-order valence-corrected chi connectivity index (χ4v) is 2.90. The molecule has 2 rings (SSSR count). The highest BCUT2D eigenvalue weighted by molar-refractivity contribution is 6.30. The van der Waals surface area contributed by atoms with Gasteiger partial charge in [-0.1, -0.05) is 17.7 Å². The first-order valence-electron chi connectivity index (χ1n) is 7.41. The van der Waals surface area contributed by atoms with Crippen LogP contribution < -0.4 is 10.6 Å². The number of methoxy groups -OCH3 is 1. The molecule has 1 fully saturated rings. The van der Waals surface area contributed by atoms with Crippen molar-refractivity contribution in [1.82, 2.24) is 0 Å². The zero-order valence-corrected chi connectivity index (χ0v) is 13.2. The molecule has 20 heavy (non-hydrogen) atoms. The standard InChI is InChI=1S/C16H25ClN2O/c1-12(13-3-4-13)19(9-10-20-2)16-11-15(17)6-5-14(16)7-8-18/h5-6,11-13H,3-4,7-10,18H2,1-2H3. The second kappa shape index (κ2) is 7.30. The molecule has 0 spiro atoms. The lowest BCUT2D eigenvalue weighted by molar-refractivity contribution is 0.202. The summed E-state index contributed by atoms with van der Waals surface area (Å²) in [4.78, 5) is 2.44. The maximum atomic E-state index is 6.21. The Hall–Kier alpha value is -0.770. The molecule has 1 aliphatic rings. The van der Waals surface area contributed by atoms with E-state index >= 15 is 0 Å². The second-order valence-corrected chi connectivity index (χ2v) is 6.01. The van der Waals surface area contributed by atoms with Crippen molar-refractivity contribution >= 4 is 17.3 Å². The van der Waals surface area contributed by atoms with E-state index in [0.29, 0.717) is 12.6 Å². The van der Waals surface area contributed by atoms with Gasteiger partial charge in [-0.25, -0.2) is 0 Å². The van der Waals surface area contributed by atoms with Gasteiger partial charge < -0.3 is 15.4 Å². The molecule has 1 aromatic carbocycles. The monoisotopic (exact) mass is 296 g/mol. The van der Waals surface area contributed by atoms with Gasteiger partial charge in [0.2, 0.25) is 0 Å². The molecule has 0 bridgehead atoms. The third-order valence-electron chi connectivity index (χ3n) is 4.10. The highest BCUT2D eigenvalue weighted by atomic mass is 35.5. The molecule has 1 saturated carbocycles. The average molecular weight is 297 g/mol. The molecule has 1 unspecified atom stereocenters. The smallest absolute Gasteiger partial charge is 0.0637 e. The summed E-state index contributed by atoms with van der Waals surface area (Å²) < 4.78 is 5.27. The van der Waals surface area contributed by atoms with Gasteiger partial charge in [0.05, 0.1) is 6.61 Å². The molecule has 1 atom stereocenters. The molecule has 0 amide bonds. The summed E-state index contributed by atoms with van der Waals surface area (Å²) in [6.45, 7) is 4.59. The zero-order valence-electron chi connectivity index (χ0n) is 12.4. The number of anilines is 1. The Morgan fingerprint density at radius 1 is 1.45 bits per heavy atom. The summed E-state index contributed by atoms with van der Waals surface area (Å²) >= 11 is 6.21. The van der Waals surface area contributed by atoms with E-state index in [9.17, 15) is 0 Å². The van der Waals surface area contributed by atoms with Gasteiger partial charge in [0.25, 0.3) is 0 Å². The minimum atomic E-state index is 0.528. The first kappa shape index (κ1) is 15.6. The van der Waals surface area contributed by atoms with Crippen LogP contribution in [0, 0.1) is 5.92 Å². The van der Waals surface area contributed by atoms with Gasteiger partial charge in [-0.3, -0.25) is 0 Å². The van der Waals surface area contributed by atoms with Crippen molar-refractivity contribution < 1.29 is 4.74 Å². The number of ether oxygens (including phenoxy) is 1. The molecule has 0 saturated heterocycles. The van der Waals surface area contributed by atoms with Crippen LogP contribution in [0.15, 0.2) is 18.2 Å². The largest absolute Gasteiger partial charge is 0.383 e. The Balaban J connectivity index is 2.27. The van der Waals surface area contributed by atoms with E-state index in [1.807, 2.05) is 6.07 Å². The van der Waals surface area contributed by atoms with Crippen molar-refractivity contribution in [2.75, 3.05) is 31.7 Å². The third-order valence-corrected chi connectivity index (χ3v) is 4.34. The van der Waals surface area contributed by atoms with Gasteiger partial charge in [0.15, 0.2) is 0 Å². The zero-order chi connectivity index (χ0) is 14.5. The fourth-order valence-electron chi connectivity index (χ4n) is 2.74. The molecule has 0 aromatic heterocycles. The van der Waals surface area contributed by atoms with Crippen LogP contribution in [0.1, 0.15) is 25.3 Å². The predicted octanol–water partition coefficient (Wildman–Crippen LogP) is 3.09. The lowest BCUT2D eigenvalue weighted by atomic mass is 10.1. The number of nitrogens with two attached hydrogens (primary N) is 1. The number of nitrogens with zero attached hydrogens (tertiary/aromatic N) is 1. The van der Waals surface area contributed by atoms with Crippen molar-refractivity contribution in [3.8, 4) is 0 Å². The predicted molar refractivity (Wildman–Crippen MR) is 85.6 cm³/mol. The van der Waals surface area contributed by atoms with Crippen molar-refractivity contribution in [1.29, 1.82) is 0 Å². The number of benzene rings is 1. The third kappa shape index (κ3) is 3.87. The maximum Gasteiger partial charge on any atom is 0.0637 e. The topological polar surface area (TPSA) is 38.5 Å². The van der Waals surface area contributed by atoms with E-state index in [4.69, 9.17) is 22.1 Å². The Bertz CT molecular complexity index is 434. The van der Waals surface area contributed by atoms with Gasteiger partial charge >= 0.3 is 0 Å². The molecule has 2 N–H and O–H groups in total. The molecule has 112 valence electrons. The molecule has 3 nitrogen and oxygen atoms in total. The van der Waals surface area contributed by atoms with E-state index in [2.05, 4.69) is 24.0 Å². The average Bonchev–Trinajstić information content (AvgIpc) is 3.26. The normalized spacial score (nSPS) is 16.2. The summed E-state index contributed by atoms with van der Waals surface area (Å²) in [5, 5.41) is 0.784. The number of rotatable bonds is 8. The van der Waals surface area contributed by atoms with Crippen molar-refractivity contribution in [3.05, 3.63) is 28.8 Å². The molecular formula is C16H25ClN2O. The molecule has 1 aromatic rings. The molecule has 0 radical (unpaired) electrons. The highest BCUT2D eigenvalue weighted by Crippen LogP contribution is 2.38. The van der Waals surface area contributed by atoms with Crippen molar-refractivity contribution in [2.45, 2.75) is 32.2 Å². The second-order valence-electron chi connectivity index (χ2n) is 5.58. The molecule has 0 aliphatic heterocycles. The number of hydrogen-bond donors (Lipinski definition) is 1. The van der Waals surface area contributed by atoms with Gasteiger partial charge in [0, 0.05) is 30.4 Å². The van der Waals surface area contributed by atoms with Crippen LogP contribution in [-0.2, 0) is 11.2 Å². The van der Waals surface area contributed by atoms with Crippen LogP contribution in [0.4, 0.5) is 5.69 Å². The van der Waals surface area contributed by atoms with Gasteiger partial charge in [-0.05, 0) is 56.3 Å². The van der Waals surface area contributed by atoms with Crippen molar-refractivity contribution in [3.63, 3.8) is 0 Å². The van der Waals surface area contributed by atoms with Crippen LogP contribution in [0.5, 0.6) is 0 Å². The highest BCUT2D eigenvalue weighted by Gasteiger charge is 2.32. The van der Waals surface area contributed by atoms with Gasteiger partial charge in [-0.15, -0.1) is 0 Å². The lowest BCUT2D eigenvalue weighted by Gasteiger charge is -2.33. The van der Waals surface area contributed by atoms with E-state index in [1.165, 1.54) is 24.1 Å². The lowest BCUT2D eigenvalue weighted by Crippen LogP contribution is -2.38. The first-order valence-corrected chi connectivity index (χ1v) is 7.79. The minimum Gasteiger partial charge on any atom is -0.383 e. The van der Waals surface area contributed by atoms with E-state index in [0.717, 1.165) is 30.5 Å².